The first kappa shape index (κ1) is 25.8. The van der Waals surface area contributed by atoms with Crippen LogP contribution in [0.25, 0.3) is 0 Å². The van der Waals surface area contributed by atoms with Crippen molar-refractivity contribution in [2.24, 2.45) is 17.8 Å². The summed E-state index contributed by atoms with van der Waals surface area (Å²) in [5.74, 6) is 2.16. The fourth-order valence-corrected chi connectivity index (χ4v) is 9.13. The van der Waals surface area contributed by atoms with E-state index in [9.17, 15) is 18.3 Å². The van der Waals surface area contributed by atoms with Crippen LogP contribution in [-0.2, 0) is 10.0 Å². The van der Waals surface area contributed by atoms with Crippen LogP contribution < -0.4 is 9.46 Å². The monoisotopic (exact) mass is 539 g/mol. The predicted molar refractivity (Wildman–Crippen MR) is 142 cm³/mol. The van der Waals surface area contributed by atoms with Crippen LogP contribution in [0, 0.1) is 17.8 Å². The largest absolute Gasteiger partial charge is 0.490 e. The smallest absolute Gasteiger partial charge is 0.258 e. The van der Waals surface area contributed by atoms with Crippen molar-refractivity contribution in [3.05, 3.63) is 54.2 Å². The number of hydrogen-bond donors (Lipinski definition) is 2. The fraction of sp³-hybridized carbons (Fsp3) is 0.586. The van der Waals surface area contributed by atoms with Gasteiger partial charge in [0.1, 0.15) is 5.75 Å². The zero-order valence-corrected chi connectivity index (χ0v) is 22.6. The van der Waals surface area contributed by atoms with Crippen molar-refractivity contribution in [2.45, 2.75) is 86.6 Å². The molecule has 7 rings (SSSR count). The van der Waals surface area contributed by atoms with Gasteiger partial charge in [0.25, 0.3) is 15.9 Å². The van der Waals surface area contributed by atoms with Crippen LogP contribution in [0.1, 0.15) is 68.1 Å². The second-order valence-electron chi connectivity index (χ2n) is 12.0. The molecule has 0 aliphatic heterocycles. The first-order valence-electron chi connectivity index (χ1n) is 13.9. The average Bonchev–Trinajstić information content (AvgIpc) is 2.89. The van der Waals surface area contributed by atoms with Gasteiger partial charge in [-0.1, -0.05) is 6.07 Å². The molecule has 2 N–H and O–H groups in total. The Morgan fingerprint density at radius 2 is 1.71 bits per heavy atom. The van der Waals surface area contributed by atoms with E-state index in [2.05, 4.69) is 9.71 Å². The van der Waals surface area contributed by atoms with Gasteiger partial charge in [0, 0.05) is 30.9 Å². The van der Waals surface area contributed by atoms with Crippen LogP contribution in [0.5, 0.6) is 5.75 Å². The van der Waals surface area contributed by atoms with Gasteiger partial charge < -0.3 is 14.7 Å². The molecule has 2 atom stereocenters. The van der Waals surface area contributed by atoms with Gasteiger partial charge in [-0.05, 0) is 112 Å². The summed E-state index contributed by atoms with van der Waals surface area (Å²) in [4.78, 5) is 19.2. The minimum atomic E-state index is -3.62. The van der Waals surface area contributed by atoms with E-state index in [1.165, 1.54) is 12.3 Å². The molecule has 0 spiro atoms. The lowest BCUT2D eigenvalue weighted by molar-refractivity contribution is -0.152. The maximum absolute atomic E-state index is 13.4. The first-order valence-corrected chi connectivity index (χ1v) is 15.4. The summed E-state index contributed by atoms with van der Waals surface area (Å²) >= 11 is 0. The highest BCUT2D eigenvalue weighted by molar-refractivity contribution is 7.89. The van der Waals surface area contributed by atoms with E-state index in [1.54, 1.807) is 12.1 Å². The van der Waals surface area contributed by atoms with Gasteiger partial charge in [-0.3, -0.25) is 4.79 Å². The lowest BCUT2D eigenvalue weighted by Gasteiger charge is -2.59. The van der Waals surface area contributed by atoms with E-state index in [1.807, 2.05) is 36.2 Å². The standard InChI is InChI=1S/C29H37N3O5S/c1-32(27-21-14-19-15-22(27)18-29(34,16-19)17-21)28(33)20-5-9-24(10-6-20)37-25-11-7-23(8-12-25)31-38(35,36)26-4-2-3-13-30-26/h2-6,9-10,13,19,21-23,25,27,31,34H,7-8,11-12,14-18H2,1H3. The van der Waals surface area contributed by atoms with Gasteiger partial charge in [0.2, 0.25) is 0 Å². The fourth-order valence-electron chi connectivity index (χ4n) is 7.88. The molecule has 5 fully saturated rings. The Hall–Kier alpha value is -2.49. The topological polar surface area (TPSA) is 109 Å². The summed E-state index contributed by atoms with van der Waals surface area (Å²) in [5, 5.41) is 10.9. The molecule has 38 heavy (non-hydrogen) atoms. The van der Waals surface area contributed by atoms with Gasteiger partial charge in [0.15, 0.2) is 5.03 Å². The molecule has 1 aromatic heterocycles. The molecule has 5 aliphatic carbocycles. The summed E-state index contributed by atoms with van der Waals surface area (Å²) in [6, 6.07) is 12.3. The van der Waals surface area contributed by atoms with E-state index in [0.717, 1.165) is 50.7 Å². The zero-order valence-electron chi connectivity index (χ0n) is 21.8. The molecule has 0 saturated heterocycles. The Kier molecular flexibility index (Phi) is 6.73. The van der Waals surface area contributed by atoms with Crippen LogP contribution in [0.15, 0.2) is 53.7 Å². The average molecular weight is 540 g/mol. The molecule has 1 heterocycles. The highest BCUT2D eigenvalue weighted by Gasteiger charge is 2.56. The van der Waals surface area contributed by atoms with Crippen molar-refractivity contribution in [3.63, 3.8) is 0 Å². The number of benzene rings is 1. The van der Waals surface area contributed by atoms with Gasteiger partial charge in [0.05, 0.1) is 11.7 Å². The van der Waals surface area contributed by atoms with E-state index in [-0.39, 0.29) is 29.1 Å². The second-order valence-corrected chi connectivity index (χ2v) is 13.7. The lowest BCUT2D eigenvalue weighted by atomic mass is 9.52. The SMILES string of the molecule is CN(C(=O)c1ccc(OC2CCC(NS(=O)(=O)c3ccccn3)CC2)cc1)C1C2CC3CC1CC(O)(C3)C2. The van der Waals surface area contributed by atoms with Gasteiger partial charge in [-0.2, -0.15) is 0 Å². The van der Waals surface area contributed by atoms with Crippen LogP contribution in [0.2, 0.25) is 0 Å². The van der Waals surface area contributed by atoms with Crippen LogP contribution in [0.3, 0.4) is 0 Å². The zero-order chi connectivity index (χ0) is 26.5. The number of amides is 1. The Morgan fingerprint density at radius 3 is 2.32 bits per heavy atom. The number of sulfonamides is 1. The Balaban J connectivity index is 1.01. The molecule has 204 valence electrons. The molecular formula is C29H37N3O5S. The molecule has 9 heteroatoms. The highest BCUT2D eigenvalue weighted by atomic mass is 32.2. The molecule has 1 aromatic carbocycles. The molecule has 2 aromatic rings. The number of pyridine rings is 1. The normalized spacial score (nSPS) is 34.2. The molecule has 4 bridgehead atoms. The van der Waals surface area contributed by atoms with E-state index >= 15 is 0 Å². The van der Waals surface area contributed by atoms with Crippen molar-refractivity contribution in [1.29, 1.82) is 0 Å². The maximum Gasteiger partial charge on any atom is 0.258 e. The Morgan fingerprint density at radius 1 is 1.03 bits per heavy atom. The van der Waals surface area contributed by atoms with Crippen molar-refractivity contribution >= 4 is 15.9 Å². The van der Waals surface area contributed by atoms with Gasteiger partial charge >= 0.3 is 0 Å². The van der Waals surface area contributed by atoms with Crippen molar-refractivity contribution < 1.29 is 23.1 Å². The molecule has 5 saturated carbocycles. The van der Waals surface area contributed by atoms with E-state index in [0.29, 0.717) is 36.2 Å². The van der Waals surface area contributed by atoms with E-state index in [4.69, 9.17) is 4.74 Å². The number of nitrogens with one attached hydrogen (secondary N) is 1. The van der Waals surface area contributed by atoms with Gasteiger partial charge in [-0.15, -0.1) is 0 Å². The third-order valence-electron chi connectivity index (χ3n) is 9.27. The number of carbonyl (C=O) groups excluding carboxylic acids is 1. The quantitative estimate of drug-likeness (QED) is 0.555. The summed E-state index contributed by atoms with van der Waals surface area (Å²) in [6.45, 7) is 0. The highest BCUT2D eigenvalue weighted by Crippen LogP contribution is 2.56. The Bertz CT molecular complexity index is 1240. The minimum absolute atomic E-state index is 0.00804. The number of ether oxygens (including phenoxy) is 1. The van der Waals surface area contributed by atoms with Crippen LogP contribution in [0.4, 0.5) is 0 Å². The van der Waals surface area contributed by atoms with Crippen LogP contribution >= 0.6 is 0 Å². The molecule has 1 amide bonds. The van der Waals surface area contributed by atoms with Crippen molar-refractivity contribution in [2.75, 3.05) is 7.05 Å². The number of aliphatic hydroxyl groups is 1. The summed E-state index contributed by atoms with van der Waals surface area (Å²) in [6.07, 6.45) is 9.20. The number of nitrogens with zero attached hydrogens (tertiary/aromatic N) is 2. The minimum Gasteiger partial charge on any atom is -0.490 e. The second kappa shape index (κ2) is 9.92. The van der Waals surface area contributed by atoms with Crippen molar-refractivity contribution in [3.8, 4) is 5.75 Å². The molecule has 2 unspecified atom stereocenters. The number of carbonyl (C=O) groups is 1. The third-order valence-corrected chi connectivity index (χ3v) is 10.7. The number of hydrogen-bond acceptors (Lipinski definition) is 6. The molecule has 8 nitrogen and oxygen atoms in total. The number of rotatable bonds is 7. The predicted octanol–water partition coefficient (Wildman–Crippen LogP) is 3.76. The maximum atomic E-state index is 13.4. The lowest BCUT2D eigenvalue weighted by Crippen LogP contribution is -2.61. The summed E-state index contributed by atoms with van der Waals surface area (Å²) < 4.78 is 34.0. The third kappa shape index (κ3) is 5.08. The summed E-state index contributed by atoms with van der Waals surface area (Å²) in [5.41, 5.74) is 0.151. The molecule has 5 aliphatic rings. The first-order chi connectivity index (χ1) is 18.2. The van der Waals surface area contributed by atoms with Gasteiger partial charge in [-0.25, -0.2) is 18.1 Å². The summed E-state index contributed by atoms with van der Waals surface area (Å²) in [7, 11) is -1.70. The molecule has 0 radical (unpaired) electrons. The van der Waals surface area contributed by atoms with Crippen LogP contribution in [-0.4, -0.2) is 60.2 Å². The Labute approximate surface area is 224 Å². The molecular weight excluding hydrogens is 502 g/mol. The van der Waals surface area contributed by atoms with E-state index < -0.39 is 15.6 Å². The van der Waals surface area contributed by atoms with Crippen molar-refractivity contribution in [1.82, 2.24) is 14.6 Å². The number of aromatic nitrogens is 1.